The summed E-state index contributed by atoms with van der Waals surface area (Å²) < 4.78 is 32.7. The van der Waals surface area contributed by atoms with E-state index in [0.717, 1.165) is 40.1 Å². The average molecular weight is 518 g/mol. The molecule has 5 rings (SSSR count). The molecular weight excluding hydrogens is 498 g/mol. The van der Waals surface area contributed by atoms with Crippen LogP contribution in [-0.2, 0) is 30.2 Å². The van der Waals surface area contributed by atoms with Gasteiger partial charge in [-0.1, -0.05) is 0 Å². The number of rotatable bonds is 7. The van der Waals surface area contributed by atoms with E-state index in [2.05, 4.69) is 14.8 Å². The molecule has 1 aliphatic rings. The lowest BCUT2D eigenvalue weighted by Gasteiger charge is -2.10. The Balaban J connectivity index is 1.68. The quantitative estimate of drug-likeness (QED) is 0.388. The Kier molecular flexibility index (Phi) is 5.32. The van der Waals surface area contributed by atoms with Crippen LogP contribution in [0.15, 0.2) is 38.5 Å². The number of aryl methyl sites for hydroxylation is 1. The Bertz CT molecular complexity index is 1690. The number of thiophene rings is 1. The molecule has 0 atom stereocenters. The molecule has 0 amide bonds. The minimum absolute atomic E-state index is 0.0121. The van der Waals surface area contributed by atoms with Gasteiger partial charge in [-0.25, -0.2) is 22.9 Å². The van der Waals surface area contributed by atoms with Crippen molar-refractivity contribution in [2.24, 2.45) is 7.05 Å². The van der Waals surface area contributed by atoms with E-state index in [9.17, 15) is 18.0 Å². The molecule has 0 radical (unpaired) electrons. The molecule has 0 saturated heterocycles. The van der Waals surface area contributed by atoms with Crippen molar-refractivity contribution in [3.63, 3.8) is 0 Å². The summed E-state index contributed by atoms with van der Waals surface area (Å²) in [7, 11) is -2.14. The highest BCUT2D eigenvalue weighted by Crippen LogP contribution is 2.37. The van der Waals surface area contributed by atoms with E-state index in [1.165, 1.54) is 16.8 Å². The molecule has 0 bridgehead atoms. The Labute approximate surface area is 201 Å². The van der Waals surface area contributed by atoms with Crippen LogP contribution in [-0.4, -0.2) is 37.9 Å². The van der Waals surface area contributed by atoms with Crippen LogP contribution in [0.1, 0.15) is 35.2 Å². The highest BCUT2D eigenvalue weighted by atomic mass is 32.2. The third-order valence-corrected chi connectivity index (χ3v) is 9.74. The Hall–Kier alpha value is -3.12. The first kappa shape index (κ1) is 22.7. The number of nitrogens with zero attached hydrogens (tertiary/aromatic N) is 6. The van der Waals surface area contributed by atoms with Gasteiger partial charge in [0.05, 0.1) is 24.7 Å². The maximum atomic E-state index is 13.5. The van der Waals surface area contributed by atoms with Gasteiger partial charge in [0.25, 0.3) is 15.6 Å². The van der Waals surface area contributed by atoms with E-state index in [4.69, 9.17) is 5.26 Å². The van der Waals surface area contributed by atoms with E-state index >= 15 is 0 Å². The van der Waals surface area contributed by atoms with Crippen molar-refractivity contribution >= 4 is 42.9 Å². The molecule has 4 aromatic heterocycles. The molecule has 1 aliphatic carbocycles. The van der Waals surface area contributed by atoms with Crippen LogP contribution < -0.4 is 16.0 Å². The summed E-state index contributed by atoms with van der Waals surface area (Å²) >= 11 is 2.01. The van der Waals surface area contributed by atoms with Crippen molar-refractivity contribution in [3.8, 4) is 6.07 Å². The average Bonchev–Trinajstić information content (AvgIpc) is 3.20. The number of hydrogen-bond donors (Lipinski definition) is 1. The van der Waals surface area contributed by atoms with Gasteiger partial charge in [-0.2, -0.15) is 10.4 Å². The van der Waals surface area contributed by atoms with Crippen LogP contribution in [0.4, 0.5) is 0 Å². The minimum Gasteiger partial charge on any atom is -0.279 e. The first-order valence-corrected chi connectivity index (χ1v) is 13.3. The van der Waals surface area contributed by atoms with Gasteiger partial charge >= 0.3 is 5.69 Å². The summed E-state index contributed by atoms with van der Waals surface area (Å²) in [5, 5.41) is 13.6. The van der Waals surface area contributed by atoms with Crippen molar-refractivity contribution < 1.29 is 8.42 Å². The van der Waals surface area contributed by atoms with Crippen molar-refractivity contribution in [1.29, 1.82) is 5.26 Å². The van der Waals surface area contributed by atoms with E-state index in [1.807, 2.05) is 13.0 Å². The molecule has 176 valence electrons. The molecule has 11 nitrogen and oxygen atoms in total. The van der Waals surface area contributed by atoms with E-state index in [-0.39, 0.29) is 32.5 Å². The number of nitrogens with one attached hydrogen (secondary N) is 1. The lowest BCUT2D eigenvalue weighted by molar-refractivity contribution is 0.560. The van der Waals surface area contributed by atoms with Gasteiger partial charge in [0.15, 0.2) is 5.01 Å². The zero-order chi connectivity index (χ0) is 24.3. The third kappa shape index (κ3) is 4.11. The fourth-order valence-electron chi connectivity index (χ4n) is 3.58. The van der Waals surface area contributed by atoms with Gasteiger partial charge < -0.3 is 0 Å². The third-order valence-electron chi connectivity index (χ3n) is 5.58. The van der Waals surface area contributed by atoms with Gasteiger partial charge in [0.2, 0.25) is 0 Å². The van der Waals surface area contributed by atoms with E-state index < -0.39 is 26.8 Å². The summed E-state index contributed by atoms with van der Waals surface area (Å²) in [6, 6.07) is 3.30. The van der Waals surface area contributed by atoms with Gasteiger partial charge in [0, 0.05) is 35.4 Å². The molecular formula is C20H19N7O4S3. The molecule has 0 aromatic carbocycles. The topological polar surface area (TPSA) is 145 Å². The lowest BCUT2D eigenvalue weighted by atomic mass is 10.3. The van der Waals surface area contributed by atoms with Gasteiger partial charge in [-0.05, 0) is 25.8 Å². The van der Waals surface area contributed by atoms with Crippen LogP contribution in [0.25, 0.3) is 10.2 Å². The molecule has 0 unspecified atom stereocenters. The van der Waals surface area contributed by atoms with Crippen LogP contribution in [0, 0.1) is 11.3 Å². The minimum atomic E-state index is -3.87. The molecule has 4 heterocycles. The van der Waals surface area contributed by atoms with Crippen LogP contribution in [0.5, 0.6) is 0 Å². The normalized spacial score (nSPS) is 15.0. The van der Waals surface area contributed by atoms with E-state index in [0.29, 0.717) is 10.4 Å². The number of hydrogen-bond acceptors (Lipinski definition) is 9. The first-order valence-electron chi connectivity index (χ1n) is 10.2. The first-order chi connectivity index (χ1) is 16.1. The molecule has 0 spiro atoms. The second kappa shape index (κ2) is 7.98. The summed E-state index contributed by atoms with van der Waals surface area (Å²) in [5.41, 5.74) is -0.979. The smallest absolute Gasteiger partial charge is 0.279 e. The predicted octanol–water partition coefficient (Wildman–Crippen LogP) is 1.21. The second-order valence-corrected chi connectivity index (χ2v) is 12.5. The van der Waals surface area contributed by atoms with Crippen molar-refractivity contribution in [2.75, 3.05) is 0 Å². The SMILES string of the molecule is Cn1cc(Cn2c(=O)c3cc(S(=O)(=O)NC4(C)CC4)sc3n(Cc3cnc(C#N)s3)c2=O)cn1. The van der Waals surface area contributed by atoms with Crippen molar-refractivity contribution in [3.05, 3.63) is 60.9 Å². The maximum absolute atomic E-state index is 13.5. The summed E-state index contributed by atoms with van der Waals surface area (Å²) in [6.45, 7) is 1.86. The van der Waals surface area contributed by atoms with Gasteiger partial charge in [0.1, 0.15) is 15.1 Å². The molecule has 14 heteroatoms. The zero-order valence-electron chi connectivity index (χ0n) is 18.2. The molecule has 4 aromatic rings. The number of nitriles is 1. The van der Waals surface area contributed by atoms with Crippen molar-refractivity contribution in [1.82, 2.24) is 28.6 Å². The van der Waals surface area contributed by atoms with Gasteiger partial charge in [-0.3, -0.25) is 18.6 Å². The Morgan fingerprint density at radius 3 is 2.59 bits per heavy atom. The Morgan fingerprint density at radius 2 is 1.97 bits per heavy atom. The van der Waals surface area contributed by atoms with Crippen LogP contribution >= 0.6 is 22.7 Å². The maximum Gasteiger partial charge on any atom is 0.332 e. The fourth-order valence-corrected chi connectivity index (χ4v) is 7.18. The number of sulfonamides is 1. The fraction of sp³-hybridized carbons (Fsp3) is 0.350. The predicted molar refractivity (Wildman–Crippen MR) is 127 cm³/mol. The molecule has 0 aliphatic heterocycles. The number of aromatic nitrogens is 5. The van der Waals surface area contributed by atoms with Crippen LogP contribution in [0.3, 0.4) is 0 Å². The highest BCUT2D eigenvalue weighted by molar-refractivity contribution is 7.91. The number of fused-ring (bicyclic) bond motifs is 1. The summed E-state index contributed by atoms with van der Waals surface area (Å²) in [6.07, 6.45) is 6.25. The largest absolute Gasteiger partial charge is 0.332 e. The molecule has 1 fully saturated rings. The second-order valence-electron chi connectivity index (χ2n) is 8.48. The highest BCUT2D eigenvalue weighted by Gasteiger charge is 2.41. The molecule has 1 N–H and O–H groups in total. The Morgan fingerprint density at radius 1 is 1.21 bits per heavy atom. The lowest BCUT2D eigenvalue weighted by Crippen LogP contribution is -2.40. The van der Waals surface area contributed by atoms with E-state index in [1.54, 1.807) is 24.1 Å². The van der Waals surface area contributed by atoms with Gasteiger partial charge in [-0.15, -0.1) is 22.7 Å². The zero-order valence-corrected chi connectivity index (χ0v) is 20.6. The standard InChI is InChI=1S/C20H19N7O4S3/c1-20(3-4-20)24-34(30,31)16-5-14-17(28)26(10-12-7-23-25(2)9-12)19(29)27(18(14)33-16)11-13-8-22-15(6-21)32-13/h5,7-9,24H,3-4,10-11H2,1-2H3. The van der Waals surface area contributed by atoms with Crippen molar-refractivity contribution in [2.45, 2.75) is 42.6 Å². The summed E-state index contributed by atoms with van der Waals surface area (Å²) in [4.78, 5) is 31.7. The summed E-state index contributed by atoms with van der Waals surface area (Å²) in [5.74, 6) is 0. The molecule has 1 saturated carbocycles. The number of thiazole rings is 1. The van der Waals surface area contributed by atoms with Crippen LogP contribution in [0.2, 0.25) is 0 Å². The molecule has 34 heavy (non-hydrogen) atoms. The monoisotopic (exact) mass is 517 g/mol.